The van der Waals surface area contributed by atoms with E-state index in [-0.39, 0.29) is 18.1 Å². The second-order valence-electron chi connectivity index (χ2n) is 5.46. The molecule has 3 rings (SSSR count). The summed E-state index contributed by atoms with van der Waals surface area (Å²) < 4.78 is 19.3. The second kappa shape index (κ2) is 7.04. The van der Waals surface area contributed by atoms with E-state index in [4.69, 9.17) is 10.2 Å². The summed E-state index contributed by atoms with van der Waals surface area (Å²) >= 11 is 0. The SMILES string of the molecule is Cc1ccc(C(=O)Nc2ccc(F)c(CNc3cccnc3N)c2)o1. The fourth-order valence-electron chi connectivity index (χ4n) is 2.29. The van der Waals surface area contributed by atoms with Crippen molar-refractivity contribution in [2.45, 2.75) is 13.5 Å². The molecular formula is C18H17FN4O2. The normalized spacial score (nSPS) is 10.5. The molecule has 0 saturated heterocycles. The summed E-state index contributed by atoms with van der Waals surface area (Å²) in [4.78, 5) is 16.1. The van der Waals surface area contributed by atoms with E-state index in [1.807, 2.05) is 0 Å². The number of carbonyl (C=O) groups is 1. The Balaban J connectivity index is 1.72. The number of hydrogen-bond acceptors (Lipinski definition) is 5. The number of benzene rings is 1. The van der Waals surface area contributed by atoms with E-state index in [1.165, 1.54) is 12.1 Å². The highest BCUT2D eigenvalue weighted by molar-refractivity contribution is 6.02. The van der Waals surface area contributed by atoms with E-state index in [1.54, 1.807) is 43.5 Å². The van der Waals surface area contributed by atoms with E-state index in [0.717, 1.165) is 0 Å². The van der Waals surface area contributed by atoms with Gasteiger partial charge in [-0.15, -0.1) is 0 Å². The third-order valence-corrected chi connectivity index (χ3v) is 3.58. The lowest BCUT2D eigenvalue weighted by Crippen LogP contribution is -2.12. The maximum Gasteiger partial charge on any atom is 0.291 e. The Kier molecular flexibility index (Phi) is 4.65. The highest BCUT2D eigenvalue weighted by atomic mass is 19.1. The number of anilines is 3. The second-order valence-corrected chi connectivity index (χ2v) is 5.46. The molecule has 0 saturated carbocycles. The number of carbonyl (C=O) groups excluding carboxylic acids is 1. The molecule has 0 aliphatic carbocycles. The molecule has 0 bridgehead atoms. The maximum absolute atomic E-state index is 14.0. The molecule has 1 aromatic carbocycles. The van der Waals surface area contributed by atoms with Crippen LogP contribution in [0.4, 0.5) is 21.6 Å². The van der Waals surface area contributed by atoms with Crippen LogP contribution in [0.1, 0.15) is 21.9 Å². The summed E-state index contributed by atoms with van der Waals surface area (Å²) in [5, 5.41) is 5.71. The molecule has 2 heterocycles. The first-order valence-electron chi connectivity index (χ1n) is 7.63. The van der Waals surface area contributed by atoms with Crippen molar-refractivity contribution in [1.29, 1.82) is 0 Å². The quantitative estimate of drug-likeness (QED) is 0.660. The lowest BCUT2D eigenvalue weighted by atomic mass is 10.1. The first-order chi connectivity index (χ1) is 12.0. The molecular weight excluding hydrogens is 323 g/mol. The Morgan fingerprint density at radius 3 is 2.84 bits per heavy atom. The summed E-state index contributed by atoms with van der Waals surface area (Å²) in [6.45, 7) is 1.95. The number of pyridine rings is 1. The largest absolute Gasteiger partial charge is 0.456 e. The number of aryl methyl sites for hydroxylation is 1. The van der Waals surface area contributed by atoms with Gasteiger partial charge in [0, 0.05) is 24.0 Å². The number of nitrogens with one attached hydrogen (secondary N) is 2. The van der Waals surface area contributed by atoms with Crippen LogP contribution in [-0.2, 0) is 6.54 Å². The number of rotatable bonds is 5. The Labute approximate surface area is 143 Å². The van der Waals surface area contributed by atoms with Crippen LogP contribution in [0.15, 0.2) is 53.1 Å². The van der Waals surface area contributed by atoms with E-state index < -0.39 is 5.91 Å². The average Bonchev–Trinajstić information content (AvgIpc) is 3.03. The van der Waals surface area contributed by atoms with Crippen molar-refractivity contribution < 1.29 is 13.6 Å². The molecule has 7 heteroatoms. The third kappa shape index (κ3) is 3.95. The summed E-state index contributed by atoms with van der Waals surface area (Å²) in [5.74, 6) is 0.394. The molecule has 6 nitrogen and oxygen atoms in total. The van der Waals surface area contributed by atoms with Gasteiger partial charge in [0.05, 0.1) is 5.69 Å². The number of furan rings is 1. The lowest BCUT2D eigenvalue weighted by molar-refractivity contribution is 0.0995. The molecule has 0 atom stereocenters. The van der Waals surface area contributed by atoms with Gasteiger partial charge in [-0.2, -0.15) is 0 Å². The van der Waals surface area contributed by atoms with Crippen molar-refractivity contribution in [3.63, 3.8) is 0 Å². The number of nitrogens with zero attached hydrogens (tertiary/aromatic N) is 1. The van der Waals surface area contributed by atoms with Crippen LogP contribution >= 0.6 is 0 Å². The molecule has 2 aromatic heterocycles. The van der Waals surface area contributed by atoms with Gasteiger partial charge in [-0.25, -0.2) is 9.37 Å². The van der Waals surface area contributed by atoms with Crippen LogP contribution < -0.4 is 16.4 Å². The van der Waals surface area contributed by atoms with Crippen molar-refractivity contribution >= 4 is 23.1 Å². The Morgan fingerprint density at radius 1 is 1.28 bits per heavy atom. The van der Waals surface area contributed by atoms with Gasteiger partial charge in [0.2, 0.25) is 0 Å². The monoisotopic (exact) mass is 340 g/mol. The maximum atomic E-state index is 14.0. The van der Waals surface area contributed by atoms with Gasteiger partial charge in [0.15, 0.2) is 5.76 Å². The molecule has 128 valence electrons. The Morgan fingerprint density at radius 2 is 2.12 bits per heavy atom. The van der Waals surface area contributed by atoms with Crippen molar-refractivity contribution in [2.24, 2.45) is 0 Å². The van der Waals surface area contributed by atoms with E-state index in [0.29, 0.717) is 28.5 Å². The zero-order valence-electron chi connectivity index (χ0n) is 13.5. The van der Waals surface area contributed by atoms with Crippen LogP contribution in [0.2, 0.25) is 0 Å². The zero-order valence-corrected chi connectivity index (χ0v) is 13.5. The summed E-state index contributed by atoms with van der Waals surface area (Å²) in [6, 6.07) is 11.1. The van der Waals surface area contributed by atoms with Gasteiger partial charge in [0.25, 0.3) is 5.91 Å². The predicted octanol–water partition coefficient (Wildman–Crippen LogP) is 3.57. The minimum absolute atomic E-state index is 0.199. The van der Waals surface area contributed by atoms with Crippen molar-refractivity contribution in [1.82, 2.24) is 4.98 Å². The zero-order chi connectivity index (χ0) is 17.8. The molecule has 4 N–H and O–H groups in total. The lowest BCUT2D eigenvalue weighted by Gasteiger charge is -2.11. The fourth-order valence-corrected chi connectivity index (χ4v) is 2.29. The first-order valence-corrected chi connectivity index (χ1v) is 7.63. The van der Waals surface area contributed by atoms with Crippen LogP contribution in [0.3, 0.4) is 0 Å². The molecule has 0 unspecified atom stereocenters. The topological polar surface area (TPSA) is 93.2 Å². The van der Waals surface area contributed by atoms with Crippen molar-refractivity contribution in [3.05, 3.63) is 71.6 Å². The van der Waals surface area contributed by atoms with Gasteiger partial charge in [0.1, 0.15) is 17.4 Å². The minimum atomic E-state index is -0.393. The minimum Gasteiger partial charge on any atom is -0.456 e. The number of aromatic nitrogens is 1. The van der Waals surface area contributed by atoms with Gasteiger partial charge < -0.3 is 20.8 Å². The van der Waals surface area contributed by atoms with Gasteiger partial charge >= 0.3 is 0 Å². The number of nitrogens with two attached hydrogens (primary N) is 1. The number of halogens is 1. The molecule has 0 spiro atoms. The van der Waals surface area contributed by atoms with Gasteiger partial charge in [-0.05, 0) is 49.4 Å². The number of hydrogen-bond donors (Lipinski definition) is 3. The van der Waals surface area contributed by atoms with Crippen LogP contribution in [-0.4, -0.2) is 10.9 Å². The predicted molar refractivity (Wildman–Crippen MR) is 93.8 cm³/mol. The third-order valence-electron chi connectivity index (χ3n) is 3.58. The van der Waals surface area contributed by atoms with Crippen LogP contribution in [0, 0.1) is 12.7 Å². The Bertz CT molecular complexity index is 908. The molecule has 25 heavy (non-hydrogen) atoms. The van der Waals surface area contributed by atoms with Crippen molar-refractivity contribution in [3.8, 4) is 0 Å². The molecule has 0 aliphatic rings. The van der Waals surface area contributed by atoms with E-state index in [9.17, 15) is 9.18 Å². The summed E-state index contributed by atoms with van der Waals surface area (Å²) in [5.41, 5.74) is 7.22. The highest BCUT2D eigenvalue weighted by Gasteiger charge is 2.12. The molecule has 3 aromatic rings. The average molecular weight is 340 g/mol. The Hall–Kier alpha value is -3.35. The van der Waals surface area contributed by atoms with Crippen molar-refractivity contribution in [2.75, 3.05) is 16.4 Å². The van der Waals surface area contributed by atoms with E-state index in [2.05, 4.69) is 15.6 Å². The number of nitrogen functional groups attached to an aromatic ring is 1. The van der Waals surface area contributed by atoms with Gasteiger partial charge in [-0.1, -0.05) is 0 Å². The van der Waals surface area contributed by atoms with E-state index >= 15 is 0 Å². The summed E-state index contributed by atoms with van der Waals surface area (Å²) in [6.07, 6.45) is 1.58. The van der Waals surface area contributed by atoms with Gasteiger partial charge in [-0.3, -0.25) is 4.79 Å². The fraction of sp³-hybridized carbons (Fsp3) is 0.111. The molecule has 0 fully saturated rings. The van der Waals surface area contributed by atoms with Crippen LogP contribution in [0.5, 0.6) is 0 Å². The smallest absolute Gasteiger partial charge is 0.291 e. The standard InChI is InChI=1S/C18H17FN4O2/c1-11-4-7-16(25-11)18(24)23-13-5-6-14(19)12(9-13)10-22-15-3-2-8-21-17(15)20/h2-9,22H,10H2,1H3,(H2,20,21)(H,23,24). The first kappa shape index (κ1) is 16.5. The molecule has 0 radical (unpaired) electrons. The highest BCUT2D eigenvalue weighted by Crippen LogP contribution is 2.20. The molecule has 0 aliphatic heterocycles. The summed E-state index contributed by atoms with van der Waals surface area (Å²) in [7, 11) is 0. The molecule has 1 amide bonds. The van der Waals surface area contributed by atoms with Crippen LogP contribution in [0.25, 0.3) is 0 Å². The number of amides is 1.